The summed E-state index contributed by atoms with van der Waals surface area (Å²) in [6, 6.07) is -8.38. The second kappa shape index (κ2) is 64.0. The maximum atomic E-state index is 14.7. The van der Waals surface area contributed by atoms with E-state index in [9.17, 15) is 124 Å². The van der Waals surface area contributed by atoms with E-state index >= 15 is 0 Å². The van der Waals surface area contributed by atoms with Crippen molar-refractivity contribution in [2.24, 2.45) is 0 Å². The quantitative estimate of drug-likeness (QED) is 0.0252. The Morgan fingerprint density at radius 3 is 0.932 bits per heavy atom. The van der Waals surface area contributed by atoms with E-state index in [0.29, 0.717) is 77.2 Å². The Morgan fingerprint density at radius 2 is 0.614 bits per heavy atom. The molecule has 5 aliphatic rings. The number of amides is 12. The fourth-order valence-corrected chi connectivity index (χ4v) is 16.1. The Bertz CT molecular complexity index is 3430. The third-order valence-electron chi connectivity index (χ3n) is 23.4. The fourth-order valence-electron chi connectivity index (χ4n) is 16.1. The van der Waals surface area contributed by atoms with Crippen molar-refractivity contribution in [2.75, 3.05) is 99.3 Å². The molecule has 5 aliphatic heterocycles. The van der Waals surface area contributed by atoms with Gasteiger partial charge in [-0.3, -0.25) is 57.5 Å². The molecule has 0 aromatic carbocycles. The zero-order valence-corrected chi connectivity index (χ0v) is 76.9. The van der Waals surface area contributed by atoms with Crippen molar-refractivity contribution in [3.63, 3.8) is 0 Å². The van der Waals surface area contributed by atoms with Crippen LogP contribution in [-0.2, 0) is 100 Å². The number of nitrogens with one attached hydrogen (secondary N) is 11. The summed E-state index contributed by atoms with van der Waals surface area (Å²) in [5.74, 6) is -5.69. The van der Waals surface area contributed by atoms with Crippen molar-refractivity contribution in [3.8, 4) is 0 Å². The molecule has 0 bridgehead atoms. The van der Waals surface area contributed by atoms with Crippen LogP contribution in [0.4, 0.5) is 0 Å². The van der Waals surface area contributed by atoms with Crippen molar-refractivity contribution in [3.05, 3.63) is 0 Å². The number of β-amino-alcohol motifs (C(OH)–C–C–N with tert-alkyl or cyclic N) is 1. The number of unbranched alkanes of at least 4 members (excludes halogenated alkanes) is 13. The van der Waals surface area contributed by atoms with Gasteiger partial charge in [-0.25, -0.2) is 0 Å². The van der Waals surface area contributed by atoms with E-state index in [-0.39, 0.29) is 173 Å². The molecule has 0 aromatic heterocycles. The van der Waals surface area contributed by atoms with Crippen LogP contribution in [0.2, 0.25) is 0 Å². The second-order valence-corrected chi connectivity index (χ2v) is 34.4. The molecule has 46 nitrogen and oxygen atoms in total. The lowest BCUT2D eigenvalue weighted by Gasteiger charge is -2.42. The minimum absolute atomic E-state index is 0.0166. The highest BCUT2D eigenvalue weighted by atomic mass is 16.7. The maximum absolute atomic E-state index is 14.7. The topological polar surface area (TPSA) is 686 Å². The molecule has 0 aromatic rings. The van der Waals surface area contributed by atoms with Crippen molar-refractivity contribution >= 4 is 70.9 Å². The van der Waals surface area contributed by atoms with Crippen molar-refractivity contribution < 1.29 is 167 Å². The van der Waals surface area contributed by atoms with Gasteiger partial charge < -0.3 is 172 Å². The lowest BCUT2D eigenvalue weighted by molar-refractivity contribution is -0.270. The summed E-state index contributed by atoms with van der Waals surface area (Å²) in [5.41, 5.74) is 0. The van der Waals surface area contributed by atoms with Crippen LogP contribution in [0.3, 0.4) is 0 Å². The van der Waals surface area contributed by atoms with Gasteiger partial charge in [-0.2, -0.15) is 0 Å². The Hall–Kier alpha value is -7.24. The Kier molecular flexibility index (Phi) is 55.8. The molecule has 0 spiro atoms. The maximum Gasteiger partial charge on any atom is 0.243 e. The summed E-state index contributed by atoms with van der Waals surface area (Å²) in [4.78, 5) is 160. The summed E-state index contributed by atoms with van der Waals surface area (Å²) >= 11 is 0. The van der Waals surface area contributed by atoms with Gasteiger partial charge in [-0.15, -0.1) is 0 Å². The molecule has 0 saturated carbocycles. The van der Waals surface area contributed by atoms with Crippen LogP contribution in [0, 0.1) is 0 Å². The molecule has 25 atom stereocenters. The van der Waals surface area contributed by atoms with Gasteiger partial charge in [0, 0.05) is 126 Å². The lowest BCUT2D eigenvalue weighted by atomic mass is 9.97. The molecule has 5 rings (SSSR count). The van der Waals surface area contributed by atoms with Gasteiger partial charge in [0.05, 0.1) is 45.2 Å². The average molecular weight is 1900 g/mol. The first-order chi connectivity index (χ1) is 63.2. The summed E-state index contributed by atoms with van der Waals surface area (Å²) in [7, 11) is 1.56. The van der Waals surface area contributed by atoms with Crippen molar-refractivity contribution in [1.82, 2.24) is 63.4 Å². The van der Waals surface area contributed by atoms with Gasteiger partial charge in [0.2, 0.25) is 70.9 Å². The van der Waals surface area contributed by atoms with Gasteiger partial charge in [0.1, 0.15) is 116 Å². The number of nitrogens with zero attached hydrogens (tertiary/aromatic N) is 1. The minimum Gasteiger partial charge on any atom is -0.394 e. The number of hydrogen-bond acceptors (Lipinski definition) is 34. The summed E-state index contributed by atoms with van der Waals surface area (Å²) in [5, 5.41) is 163. The number of likely N-dealkylation sites (tertiary alicyclic amines) is 1. The van der Waals surface area contributed by atoms with Crippen LogP contribution < -0.4 is 58.5 Å². The molecule has 46 heteroatoms. The molecule has 11 unspecified atom stereocenters. The molecule has 12 amide bonds. The standard InChI is InChI=1S/C86H152N12O34/c1-50(103)91-68-76(117)72(113)59(45-99)129-83(68)125-39-23-15-30-63(108)87-35-20-12-27-56(95-65(110)32-17-25-41-127-85-70(93-52(3)105)78(119)74(115)61(47-101)131-85)80(121)90-38-22-14-28-57(81(122)89-37-19-10-8-6-7-9-11-34-67(112)98-44-55(107)43-54(98)49-124-5)97-82(123)58(96-66(111)33-18-26-42-128-86-71(94-53(4)106)79(120)75(116)62(48-102)132-86)29-13-21-36-88-64(109)31-16-24-40-126-84-69(92-51(2)104)77(118)73(114)60(46-100)130-84/h54-62,68-79,83-86,99-102,107,113-120H,6-49H2,1-5H3,(H,87,108)(H,88,109)(H,89,122)(H,90,121)(H,91,103)(H,92,104)(H,93,105)(H,94,106)(H,95,110)(H,96,111)(H,97,123)/t54-,55+,56?,57?,58?,59?,60?,61?,62?,68?,69?,70?,71?,72-,73-,74-,75-,76+,77+,78+,79+,83+,84+,85+,86+/m0/s1. The number of hydrogen-bond donors (Lipinski definition) is 24. The first-order valence-corrected chi connectivity index (χ1v) is 46.7. The molecule has 5 fully saturated rings. The first-order valence-electron chi connectivity index (χ1n) is 46.7. The average Bonchev–Trinajstić information content (AvgIpc) is 1.21. The van der Waals surface area contributed by atoms with Crippen LogP contribution in [0.1, 0.15) is 220 Å². The van der Waals surface area contributed by atoms with Gasteiger partial charge in [-0.05, 0) is 128 Å². The lowest BCUT2D eigenvalue weighted by Crippen LogP contribution is -2.64. The minimum atomic E-state index is -1.56. The number of carbonyl (C=O) groups is 12. The molecule has 0 radical (unpaired) electrons. The molecule has 5 saturated heterocycles. The van der Waals surface area contributed by atoms with E-state index < -0.39 is 226 Å². The number of methoxy groups -OCH3 is 1. The predicted octanol–water partition coefficient (Wildman–Crippen LogP) is -6.33. The van der Waals surface area contributed by atoms with Crippen LogP contribution >= 0.6 is 0 Å². The Morgan fingerprint density at radius 1 is 0.333 bits per heavy atom. The number of ether oxygens (including phenoxy) is 9. The third kappa shape index (κ3) is 41.8. The monoisotopic (exact) mass is 1900 g/mol. The van der Waals surface area contributed by atoms with Crippen molar-refractivity contribution in [1.29, 1.82) is 0 Å². The fraction of sp³-hybridized carbons (Fsp3) is 0.860. The second-order valence-electron chi connectivity index (χ2n) is 34.4. The largest absolute Gasteiger partial charge is 0.394 e. The van der Waals surface area contributed by atoms with E-state index in [1.165, 1.54) is 27.7 Å². The highest BCUT2D eigenvalue weighted by Crippen LogP contribution is 2.29. The van der Waals surface area contributed by atoms with Crippen LogP contribution in [0.15, 0.2) is 0 Å². The molecule has 24 N–H and O–H groups in total. The zero-order valence-electron chi connectivity index (χ0n) is 76.9. The first kappa shape index (κ1) is 115. The summed E-state index contributed by atoms with van der Waals surface area (Å²) in [6.45, 7) is 3.34. The SMILES string of the molecule is COC[C@@H]1C[C@@H](O)CN1C(=O)CCCCCCCCCNC(=O)C(CCCCNC(=O)C(CCCCNC(=O)CCCCO[C@@H]1OC(CO)[C@H](O)[C@H](O)C1NC(C)=O)NC(=O)CCCCO[C@@H]1OC(CO)[C@H](O)[C@H](O)C1NC(C)=O)NC(=O)C(CCCCNC(=O)CCCCO[C@@H]1OC(CO)[C@H](O)[C@H](O)C1NC(C)=O)NC(=O)CCCCO[C@@H]1OC(CO)[C@H](O)[C@H](O)C1NC(C)=O. The third-order valence-corrected chi connectivity index (χ3v) is 23.4. The van der Waals surface area contributed by atoms with Crippen molar-refractivity contribution in [2.45, 2.75) is 373 Å². The van der Waals surface area contributed by atoms with Gasteiger partial charge in [-0.1, -0.05) is 32.1 Å². The molecule has 132 heavy (non-hydrogen) atoms. The summed E-state index contributed by atoms with van der Waals surface area (Å²) < 4.78 is 51.0. The zero-order chi connectivity index (χ0) is 97.2. The molecule has 760 valence electrons. The molecule has 5 heterocycles. The molecular weight excluding hydrogens is 1740 g/mol. The van der Waals surface area contributed by atoms with E-state index in [1.54, 1.807) is 12.0 Å². The highest BCUT2D eigenvalue weighted by molar-refractivity contribution is 5.92. The Balaban J connectivity index is 1.25. The van der Waals surface area contributed by atoms with E-state index in [2.05, 4.69) is 58.5 Å². The number of carbonyl (C=O) groups excluding carboxylic acids is 12. The van der Waals surface area contributed by atoms with E-state index in [0.717, 1.165) is 32.1 Å². The summed E-state index contributed by atoms with van der Waals surface area (Å²) in [6.07, 6.45) is -12.4. The van der Waals surface area contributed by atoms with Gasteiger partial charge in [0.15, 0.2) is 25.2 Å². The Labute approximate surface area is 770 Å². The smallest absolute Gasteiger partial charge is 0.243 e. The van der Waals surface area contributed by atoms with Crippen LogP contribution in [-0.4, -0.2) is 394 Å². The molecule has 0 aliphatic carbocycles. The van der Waals surface area contributed by atoms with E-state index in [4.69, 9.17) is 42.6 Å². The highest BCUT2D eigenvalue weighted by Gasteiger charge is 2.50. The molecular formula is C86H152N12O34. The van der Waals surface area contributed by atoms with E-state index in [1.807, 2.05) is 0 Å². The number of aliphatic hydroxyl groups is 13. The number of rotatable bonds is 65. The van der Waals surface area contributed by atoms with Gasteiger partial charge in [0.25, 0.3) is 0 Å². The number of aliphatic hydroxyl groups excluding tert-OH is 13. The van der Waals surface area contributed by atoms with Crippen LogP contribution in [0.25, 0.3) is 0 Å². The predicted molar refractivity (Wildman–Crippen MR) is 465 cm³/mol. The normalized spacial score (nSPS) is 27.8. The van der Waals surface area contributed by atoms with Crippen LogP contribution in [0.5, 0.6) is 0 Å². The van der Waals surface area contributed by atoms with Gasteiger partial charge >= 0.3 is 0 Å².